The van der Waals surface area contributed by atoms with Gasteiger partial charge in [0.05, 0.1) is 11.4 Å². The van der Waals surface area contributed by atoms with E-state index in [9.17, 15) is 0 Å². The Bertz CT molecular complexity index is 571. The second-order valence-electron chi connectivity index (χ2n) is 4.94. The van der Waals surface area contributed by atoms with Crippen molar-refractivity contribution in [3.63, 3.8) is 0 Å². The fraction of sp³-hybridized carbons (Fsp3) is 0.312. The smallest absolute Gasteiger partial charge is 0.0547 e. The van der Waals surface area contributed by atoms with Gasteiger partial charge in [0.1, 0.15) is 0 Å². The summed E-state index contributed by atoms with van der Waals surface area (Å²) in [6, 6.07) is 14.1. The molecule has 1 heterocycles. The number of rotatable bonds is 5. The van der Waals surface area contributed by atoms with Crippen LogP contribution in [0, 0.1) is 0 Å². The standard InChI is InChI=1S/C16H20ClN3/c1-12(15-8-3-4-9-16(15)17)20(2)11-14-7-5-6-13(10-18)19-14/h3-9,12H,10-11,18H2,1-2H3. The Labute approximate surface area is 125 Å². The van der Waals surface area contributed by atoms with E-state index in [1.165, 1.54) is 0 Å². The zero-order valence-corrected chi connectivity index (χ0v) is 12.6. The van der Waals surface area contributed by atoms with Crippen molar-refractivity contribution >= 4 is 11.6 Å². The molecule has 2 N–H and O–H groups in total. The van der Waals surface area contributed by atoms with Gasteiger partial charge in [-0.25, -0.2) is 0 Å². The van der Waals surface area contributed by atoms with E-state index in [2.05, 4.69) is 29.9 Å². The van der Waals surface area contributed by atoms with Crippen LogP contribution in [0.4, 0.5) is 0 Å². The summed E-state index contributed by atoms with van der Waals surface area (Å²) in [6.45, 7) is 3.38. The van der Waals surface area contributed by atoms with Gasteiger partial charge in [0.25, 0.3) is 0 Å². The van der Waals surface area contributed by atoms with Crippen molar-refractivity contribution in [2.75, 3.05) is 7.05 Å². The summed E-state index contributed by atoms with van der Waals surface area (Å²) in [5.74, 6) is 0. The number of pyridine rings is 1. The molecule has 0 radical (unpaired) electrons. The summed E-state index contributed by atoms with van der Waals surface area (Å²) in [4.78, 5) is 6.76. The predicted molar refractivity (Wildman–Crippen MR) is 83.5 cm³/mol. The highest BCUT2D eigenvalue weighted by Gasteiger charge is 2.15. The quantitative estimate of drug-likeness (QED) is 0.917. The number of halogens is 1. The Balaban J connectivity index is 2.11. The van der Waals surface area contributed by atoms with Crippen LogP contribution in [0.1, 0.15) is 29.9 Å². The third kappa shape index (κ3) is 3.57. The van der Waals surface area contributed by atoms with E-state index in [0.29, 0.717) is 6.54 Å². The molecule has 3 nitrogen and oxygen atoms in total. The van der Waals surface area contributed by atoms with E-state index >= 15 is 0 Å². The molecule has 0 spiro atoms. The van der Waals surface area contributed by atoms with Crippen molar-refractivity contribution in [2.45, 2.75) is 26.1 Å². The lowest BCUT2D eigenvalue weighted by Crippen LogP contribution is -2.23. The molecule has 0 saturated carbocycles. The third-order valence-electron chi connectivity index (χ3n) is 3.50. The summed E-state index contributed by atoms with van der Waals surface area (Å²) < 4.78 is 0. The van der Waals surface area contributed by atoms with Gasteiger partial charge in [0, 0.05) is 24.2 Å². The molecule has 0 bridgehead atoms. The van der Waals surface area contributed by atoms with Gasteiger partial charge in [0.2, 0.25) is 0 Å². The highest BCUT2D eigenvalue weighted by molar-refractivity contribution is 6.31. The third-order valence-corrected chi connectivity index (χ3v) is 3.85. The lowest BCUT2D eigenvalue weighted by Gasteiger charge is -2.25. The Morgan fingerprint density at radius 2 is 1.85 bits per heavy atom. The number of nitrogens with two attached hydrogens (primary N) is 1. The first-order valence-electron chi connectivity index (χ1n) is 6.71. The number of benzene rings is 1. The van der Waals surface area contributed by atoms with Crippen LogP contribution in [-0.2, 0) is 13.1 Å². The Hall–Kier alpha value is -1.42. The highest BCUT2D eigenvalue weighted by Crippen LogP contribution is 2.26. The SMILES string of the molecule is CC(c1ccccc1Cl)N(C)Cc1cccc(CN)n1. The molecule has 0 saturated heterocycles. The molecule has 0 fully saturated rings. The van der Waals surface area contributed by atoms with Gasteiger partial charge in [-0.1, -0.05) is 35.9 Å². The zero-order valence-electron chi connectivity index (χ0n) is 11.9. The van der Waals surface area contributed by atoms with E-state index < -0.39 is 0 Å². The van der Waals surface area contributed by atoms with Gasteiger partial charge in [0.15, 0.2) is 0 Å². The maximum atomic E-state index is 6.26. The molecular weight excluding hydrogens is 270 g/mol. The van der Waals surface area contributed by atoms with Crippen LogP contribution in [0.3, 0.4) is 0 Å². The minimum Gasteiger partial charge on any atom is -0.325 e. The monoisotopic (exact) mass is 289 g/mol. The predicted octanol–water partition coefficient (Wildman–Crippen LogP) is 3.39. The summed E-state index contributed by atoms with van der Waals surface area (Å²) >= 11 is 6.26. The lowest BCUT2D eigenvalue weighted by molar-refractivity contribution is 0.250. The van der Waals surface area contributed by atoms with E-state index in [0.717, 1.165) is 28.5 Å². The number of hydrogen-bond acceptors (Lipinski definition) is 3. The molecule has 0 amide bonds. The van der Waals surface area contributed by atoms with Crippen molar-refractivity contribution in [2.24, 2.45) is 5.73 Å². The van der Waals surface area contributed by atoms with Crippen LogP contribution >= 0.6 is 11.6 Å². The number of nitrogens with zero attached hydrogens (tertiary/aromatic N) is 2. The summed E-state index contributed by atoms with van der Waals surface area (Å²) in [5.41, 5.74) is 8.70. The lowest BCUT2D eigenvalue weighted by atomic mass is 10.1. The molecule has 20 heavy (non-hydrogen) atoms. The molecule has 0 aliphatic heterocycles. The first kappa shape index (κ1) is 15.0. The fourth-order valence-corrected chi connectivity index (χ4v) is 2.47. The first-order chi connectivity index (χ1) is 9.61. The fourth-order valence-electron chi connectivity index (χ4n) is 2.17. The van der Waals surface area contributed by atoms with Crippen molar-refractivity contribution in [1.82, 2.24) is 9.88 Å². The van der Waals surface area contributed by atoms with E-state index in [1.54, 1.807) is 0 Å². The Kier molecular flexibility index (Phi) is 5.12. The summed E-state index contributed by atoms with van der Waals surface area (Å²) in [6.07, 6.45) is 0. The average molecular weight is 290 g/mol. The normalized spacial score (nSPS) is 12.7. The van der Waals surface area contributed by atoms with Gasteiger partial charge in [-0.2, -0.15) is 0 Å². The number of hydrogen-bond donors (Lipinski definition) is 1. The maximum Gasteiger partial charge on any atom is 0.0547 e. The van der Waals surface area contributed by atoms with Crippen LogP contribution in [0.2, 0.25) is 5.02 Å². The average Bonchev–Trinajstić information content (AvgIpc) is 2.47. The second kappa shape index (κ2) is 6.84. The minimum atomic E-state index is 0.229. The van der Waals surface area contributed by atoms with Gasteiger partial charge >= 0.3 is 0 Å². The van der Waals surface area contributed by atoms with Gasteiger partial charge in [-0.3, -0.25) is 9.88 Å². The molecule has 0 aliphatic carbocycles. The number of aromatic nitrogens is 1. The van der Waals surface area contributed by atoms with Crippen LogP contribution in [0.15, 0.2) is 42.5 Å². The Morgan fingerprint density at radius 1 is 1.15 bits per heavy atom. The summed E-state index contributed by atoms with van der Waals surface area (Å²) in [5, 5.41) is 0.801. The van der Waals surface area contributed by atoms with Crippen molar-refractivity contribution in [1.29, 1.82) is 0 Å². The molecule has 4 heteroatoms. The summed E-state index contributed by atoms with van der Waals surface area (Å²) in [7, 11) is 2.07. The van der Waals surface area contributed by atoms with Gasteiger partial charge in [-0.05, 0) is 37.7 Å². The molecule has 2 aromatic rings. The molecule has 1 atom stereocenters. The van der Waals surface area contributed by atoms with Gasteiger partial charge < -0.3 is 5.73 Å². The first-order valence-corrected chi connectivity index (χ1v) is 7.09. The molecule has 1 aromatic heterocycles. The molecule has 2 rings (SSSR count). The second-order valence-corrected chi connectivity index (χ2v) is 5.34. The molecule has 1 unspecified atom stereocenters. The van der Waals surface area contributed by atoms with E-state index in [4.69, 9.17) is 17.3 Å². The zero-order chi connectivity index (χ0) is 14.5. The van der Waals surface area contributed by atoms with Gasteiger partial charge in [-0.15, -0.1) is 0 Å². The molecule has 106 valence electrons. The minimum absolute atomic E-state index is 0.229. The van der Waals surface area contributed by atoms with Crippen LogP contribution in [-0.4, -0.2) is 16.9 Å². The van der Waals surface area contributed by atoms with E-state index in [-0.39, 0.29) is 6.04 Å². The van der Waals surface area contributed by atoms with E-state index in [1.807, 2.05) is 36.4 Å². The van der Waals surface area contributed by atoms with Crippen molar-refractivity contribution < 1.29 is 0 Å². The topological polar surface area (TPSA) is 42.1 Å². The van der Waals surface area contributed by atoms with Crippen molar-refractivity contribution in [3.05, 3.63) is 64.4 Å². The maximum absolute atomic E-state index is 6.26. The molecule has 0 aliphatic rings. The van der Waals surface area contributed by atoms with Crippen LogP contribution in [0.25, 0.3) is 0 Å². The van der Waals surface area contributed by atoms with Crippen molar-refractivity contribution in [3.8, 4) is 0 Å². The molecule has 1 aromatic carbocycles. The largest absolute Gasteiger partial charge is 0.325 e. The van der Waals surface area contributed by atoms with Crippen LogP contribution < -0.4 is 5.73 Å². The molecular formula is C16H20ClN3. The highest BCUT2D eigenvalue weighted by atomic mass is 35.5. The van der Waals surface area contributed by atoms with Crippen LogP contribution in [0.5, 0.6) is 0 Å². The Morgan fingerprint density at radius 3 is 2.55 bits per heavy atom.